The van der Waals surface area contributed by atoms with Crippen molar-refractivity contribution in [1.29, 1.82) is 0 Å². The summed E-state index contributed by atoms with van der Waals surface area (Å²) in [5.74, 6) is -0.0717. The first-order chi connectivity index (χ1) is 11.4. The van der Waals surface area contributed by atoms with E-state index in [1.807, 2.05) is 6.92 Å². The van der Waals surface area contributed by atoms with Crippen LogP contribution in [0.4, 0.5) is 0 Å². The van der Waals surface area contributed by atoms with E-state index in [1.165, 1.54) is 0 Å². The third-order valence-electron chi connectivity index (χ3n) is 4.72. The van der Waals surface area contributed by atoms with Crippen LogP contribution in [0, 0.1) is 24.7 Å². The minimum absolute atomic E-state index is 0.0264. The van der Waals surface area contributed by atoms with E-state index in [1.54, 1.807) is 31.2 Å². The first kappa shape index (κ1) is 17.0. The second kappa shape index (κ2) is 6.55. The lowest BCUT2D eigenvalue weighted by Crippen LogP contribution is -2.22. The molecule has 0 saturated heterocycles. The van der Waals surface area contributed by atoms with Crippen LogP contribution >= 0.6 is 0 Å². The van der Waals surface area contributed by atoms with Gasteiger partial charge in [0.2, 0.25) is 0 Å². The van der Waals surface area contributed by atoms with E-state index in [0.29, 0.717) is 13.0 Å². The number of hydrazone groups is 1. The summed E-state index contributed by atoms with van der Waals surface area (Å²) in [7, 11) is -3.68. The zero-order valence-electron chi connectivity index (χ0n) is 13.9. The van der Waals surface area contributed by atoms with Crippen molar-refractivity contribution in [1.82, 2.24) is 4.83 Å². The Labute approximate surface area is 142 Å². The number of fused-ring (bicyclic) bond motifs is 1. The van der Waals surface area contributed by atoms with Crippen LogP contribution in [0.3, 0.4) is 0 Å². The van der Waals surface area contributed by atoms with Crippen molar-refractivity contribution in [2.75, 3.05) is 6.61 Å². The highest BCUT2D eigenvalue weighted by Gasteiger charge is 2.59. The van der Waals surface area contributed by atoms with Gasteiger partial charge in [-0.3, -0.25) is 4.79 Å². The SMILES string of the molecule is CCOC(=O)C1C2CCC/C(=N\NS(=O)(=O)c3ccc(C)cc3)C21. The smallest absolute Gasteiger partial charge is 0.309 e. The fourth-order valence-electron chi connectivity index (χ4n) is 3.45. The number of rotatable bonds is 5. The molecule has 0 amide bonds. The predicted molar refractivity (Wildman–Crippen MR) is 89.9 cm³/mol. The fraction of sp³-hybridized carbons (Fsp3) is 0.529. The summed E-state index contributed by atoms with van der Waals surface area (Å²) in [5, 5.41) is 4.14. The van der Waals surface area contributed by atoms with Crippen molar-refractivity contribution in [2.45, 2.75) is 38.0 Å². The fourth-order valence-corrected chi connectivity index (χ4v) is 4.29. The molecule has 24 heavy (non-hydrogen) atoms. The van der Waals surface area contributed by atoms with Crippen LogP contribution < -0.4 is 4.83 Å². The van der Waals surface area contributed by atoms with E-state index in [-0.39, 0.29) is 28.6 Å². The van der Waals surface area contributed by atoms with Gasteiger partial charge in [-0.1, -0.05) is 17.7 Å². The number of aryl methyl sites for hydroxylation is 1. The Morgan fingerprint density at radius 3 is 2.71 bits per heavy atom. The van der Waals surface area contributed by atoms with Crippen LogP contribution in [0.1, 0.15) is 31.7 Å². The molecular formula is C17H22N2O4S. The Hall–Kier alpha value is -1.89. The monoisotopic (exact) mass is 350 g/mol. The molecule has 6 nitrogen and oxygen atoms in total. The van der Waals surface area contributed by atoms with E-state index >= 15 is 0 Å². The lowest BCUT2D eigenvalue weighted by molar-refractivity contribution is -0.145. The Bertz CT molecular complexity index is 755. The lowest BCUT2D eigenvalue weighted by Gasteiger charge is -2.12. The largest absolute Gasteiger partial charge is 0.466 e. The van der Waals surface area contributed by atoms with Crippen molar-refractivity contribution in [3.8, 4) is 0 Å². The Morgan fingerprint density at radius 1 is 1.33 bits per heavy atom. The summed E-state index contributed by atoms with van der Waals surface area (Å²) in [6.07, 6.45) is 2.60. The van der Waals surface area contributed by atoms with E-state index in [0.717, 1.165) is 24.1 Å². The number of hydrogen-bond donors (Lipinski definition) is 1. The average Bonchev–Trinajstić information content (AvgIpc) is 3.29. The molecule has 2 aliphatic rings. The van der Waals surface area contributed by atoms with Crippen LogP contribution in [0.25, 0.3) is 0 Å². The molecule has 3 atom stereocenters. The van der Waals surface area contributed by atoms with Gasteiger partial charge in [0.1, 0.15) is 0 Å². The number of esters is 1. The molecule has 0 bridgehead atoms. The molecule has 1 N–H and O–H groups in total. The first-order valence-corrected chi connectivity index (χ1v) is 9.74. The maximum Gasteiger partial charge on any atom is 0.309 e. The molecule has 3 unspecified atom stereocenters. The third-order valence-corrected chi connectivity index (χ3v) is 5.95. The quantitative estimate of drug-likeness (QED) is 0.652. The minimum Gasteiger partial charge on any atom is -0.466 e. The summed E-state index contributed by atoms with van der Waals surface area (Å²) < 4.78 is 29.7. The topological polar surface area (TPSA) is 84.8 Å². The average molecular weight is 350 g/mol. The zero-order valence-corrected chi connectivity index (χ0v) is 14.7. The molecular weight excluding hydrogens is 328 g/mol. The number of nitrogens with zero attached hydrogens (tertiary/aromatic N) is 1. The summed E-state index contributed by atoms with van der Waals surface area (Å²) in [6, 6.07) is 6.60. The highest BCUT2D eigenvalue weighted by atomic mass is 32.2. The van der Waals surface area contributed by atoms with Crippen molar-refractivity contribution in [3.63, 3.8) is 0 Å². The second-order valence-corrected chi connectivity index (χ2v) is 8.03. The van der Waals surface area contributed by atoms with Crippen LogP contribution in [-0.2, 0) is 19.6 Å². The van der Waals surface area contributed by atoms with Gasteiger partial charge in [0.05, 0.1) is 17.4 Å². The minimum atomic E-state index is -3.68. The molecule has 0 radical (unpaired) electrons. The second-order valence-electron chi connectivity index (χ2n) is 6.37. The number of sulfonamides is 1. The van der Waals surface area contributed by atoms with Gasteiger partial charge in [-0.15, -0.1) is 0 Å². The summed E-state index contributed by atoms with van der Waals surface area (Å²) in [5.41, 5.74) is 1.76. The number of benzene rings is 1. The summed E-state index contributed by atoms with van der Waals surface area (Å²) in [4.78, 5) is 14.5. The summed E-state index contributed by atoms with van der Waals surface area (Å²) >= 11 is 0. The summed E-state index contributed by atoms with van der Waals surface area (Å²) in [6.45, 7) is 4.05. The van der Waals surface area contributed by atoms with Gasteiger partial charge < -0.3 is 4.74 Å². The Morgan fingerprint density at radius 2 is 2.04 bits per heavy atom. The Kier molecular flexibility index (Phi) is 4.62. The molecule has 1 aromatic carbocycles. The van der Waals surface area contributed by atoms with Gasteiger partial charge in [-0.05, 0) is 51.2 Å². The first-order valence-electron chi connectivity index (χ1n) is 8.25. The maximum atomic E-state index is 12.3. The molecule has 2 fully saturated rings. The normalized spacial score (nSPS) is 27.4. The predicted octanol–water partition coefficient (Wildman–Crippen LogP) is 2.24. The van der Waals surface area contributed by atoms with Crippen molar-refractivity contribution < 1.29 is 17.9 Å². The number of carbonyl (C=O) groups is 1. The highest BCUT2D eigenvalue weighted by molar-refractivity contribution is 7.89. The molecule has 7 heteroatoms. The third kappa shape index (κ3) is 3.31. The molecule has 0 aromatic heterocycles. The van der Waals surface area contributed by atoms with Crippen LogP contribution in [-0.4, -0.2) is 26.7 Å². The number of nitrogens with one attached hydrogen (secondary N) is 1. The number of ether oxygens (including phenoxy) is 1. The number of carbonyl (C=O) groups excluding carboxylic acids is 1. The Balaban J connectivity index is 1.72. The van der Waals surface area contributed by atoms with E-state index in [2.05, 4.69) is 9.93 Å². The van der Waals surface area contributed by atoms with E-state index in [9.17, 15) is 13.2 Å². The molecule has 0 spiro atoms. The van der Waals surface area contributed by atoms with Gasteiger partial charge in [-0.25, -0.2) is 4.83 Å². The zero-order chi connectivity index (χ0) is 17.3. The van der Waals surface area contributed by atoms with Gasteiger partial charge in [0.15, 0.2) is 0 Å². The van der Waals surface area contributed by atoms with Gasteiger partial charge in [0.25, 0.3) is 10.0 Å². The molecule has 3 rings (SSSR count). The van der Waals surface area contributed by atoms with Gasteiger partial charge >= 0.3 is 5.97 Å². The highest BCUT2D eigenvalue weighted by Crippen LogP contribution is 2.54. The van der Waals surface area contributed by atoms with E-state index < -0.39 is 10.0 Å². The molecule has 2 saturated carbocycles. The van der Waals surface area contributed by atoms with Crippen LogP contribution in [0.15, 0.2) is 34.3 Å². The maximum absolute atomic E-state index is 12.3. The van der Waals surface area contributed by atoms with E-state index in [4.69, 9.17) is 4.74 Å². The molecule has 1 aromatic rings. The standard InChI is InChI=1S/C17H22N2O4S/c1-3-23-17(20)16-13-5-4-6-14(15(13)16)18-19-24(21,22)12-9-7-11(2)8-10-12/h7-10,13,15-16,19H,3-6H2,1-2H3/b18-14+. The molecule has 0 heterocycles. The lowest BCUT2D eigenvalue weighted by atomic mass is 9.99. The molecule has 2 aliphatic carbocycles. The molecule has 0 aliphatic heterocycles. The van der Waals surface area contributed by atoms with Gasteiger partial charge in [-0.2, -0.15) is 13.5 Å². The van der Waals surface area contributed by atoms with Crippen molar-refractivity contribution in [2.24, 2.45) is 22.9 Å². The molecule has 130 valence electrons. The number of hydrogen-bond acceptors (Lipinski definition) is 5. The van der Waals surface area contributed by atoms with Crippen LogP contribution in [0.2, 0.25) is 0 Å². The van der Waals surface area contributed by atoms with Crippen molar-refractivity contribution >= 4 is 21.7 Å². The van der Waals surface area contributed by atoms with Gasteiger partial charge in [0, 0.05) is 11.6 Å². The van der Waals surface area contributed by atoms with Crippen molar-refractivity contribution in [3.05, 3.63) is 29.8 Å². The van der Waals surface area contributed by atoms with Crippen LogP contribution in [0.5, 0.6) is 0 Å².